The van der Waals surface area contributed by atoms with Crippen molar-refractivity contribution in [1.82, 2.24) is 0 Å². The maximum Gasteiger partial charge on any atom is 0.332 e. The summed E-state index contributed by atoms with van der Waals surface area (Å²) in [6.07, 6.45) is 0.640. The zero-order chi connectivity index (χ0) is 14.0. The highest BCUT2D eigenvalue weighted by molar-refractivity contribution is 9.11. The highest BCUT2D eigenvalue weighted by atomic mass is 79.9. The number of anilines is 1. The lowest BCUT2D eigenvalue weighted by Crippen LogP contribution is -2.24. The number of carboxylic acid groups (broad SMARTS) is 1. The minimum atomic E-state index is -0.875. The molecule has 1 saturated heterocycles. The standard InChI is InChI=1S/C13H15Br2NO3/c1-7-4-9(14)12(10(15)5-7)16-6-8-2-3-11(19-8)13(17)18/h4-5,8,11,16H,2-3,6H2,1H3,(H,17,18). The second-order valence-corrected chi connectivity index (χ2v) is 6.36. The van der Waals surface area contributed by atoms with Crippen LogP contribution in [0, 0.1) is 6.92 Å². The van der Waals surface area contributed by atoms with Crippen molar-refractivity contribution in [2.45, 2.75) is 32.0 Å². The van der Waals surface area contributed by atoms with Gasteiger partial charge >= 0.3 is 5.97 Å². The van der Waals surface area contributed by atoms with Crippen LogP contribution >= 0.6 is 31.9 Å². The van der Waals surface area contributed by atoms with Gasteiger partial charge in [-0.15, -0.1) is 0 Å². The van der Waals surface area contributed by atoms with E-state index in [1.54, 1.807) is 0 Å². The average molecular weight is 393 g/mol. The van der Waals surface area contributed by atoms with E-state index in [-0.39, 0.29) is 6.10 Å². The van der Waals surface area contributed by atoms with Crippen molar-refractivity contribution in [1.29, 1.82) is 0 Å². The molecule has 0 bridgehead atoms. The number of nitrogens with one attached hydrogen (secondary N) is 1. The van der Waals surface area contributed by atoms with E-state index >= 15 is 0 Å². The van der Waals surface area contributed by atoms with E-state index in [0.29, 0.717) is 13.0 Å². The van der Waals surface area contributed by atoms with Crippen molar-refractivity contribution in [2.75, 3.05) is 11.9 Å². The largest absolute Gasteiger partial charge is 0.479 e. The van der Waals surface area contributed by atoms with Gasteiger partial charge in [0, 0.05) is 15.5 Å². The quantitative estimate of drug-likeness (QED) is 0.822. The summed E-state index contributed by atoms with van der Waals surface area (Å²) < 4.78 is 7.41. The van der Waals surface area contributed by atoms with Crippen LogP contribution in [0.1, 0.15) is 18.4 Å². The minimum Gasteiger partial charge on any atom is -0.479 e. The van der Waals surface area contributed by atoms with Gasteiger partial charge in [0.1, 0.15) is 0 Å². The molecule has 1 aliphatic rings. The van der Waals surface area contributed by atoms with Crippen LogP contribution in [0.2, 0.25) is 0 Å². The molecule has 2 rings (SSSR count). The van der Waals surface area contributed by atoms with E-state index in [9.17, 15) is 4.79 Å². The molecular weight excluding hydrogens is 378 g/mol. The van der Waals surface area contributed by atoms with E-state index < -0.39 is 12.1 Å². The fraction of sp³-hybridized carbons (Fsp3) is 0.462. The van der Waals surface area contributed by atoms with Gasteiger partial charge in [-0.1, -0.05) is 0 Å². The van der Waals surface area contributed by atoms with Crippen molar-refractivity contribution < 1.29 is 14.6 Å². The van der Waals surface area contributed by atoms with Crippen molar-refractivity contribution in [2.24, 2.45) is 0 Å². The molecule has 0 saturated carbocycles. The van der Waals surface area contributed by atoms with Crippen LogP contribution in [0.3, 0.4) is 0 Å². The van der Waals surface area contributed by atoms with Crippen LogP contribution in [-0.2, 0) is 9.53 Å². The smallest absolute Gasteiger partial charge is 0.332 e. The summed E-state index contributed by atoms with van der Waals surface area (Å²) in [5, 5.41) is 12.2. The summed E-state index contributed by atoms with van der Waals surface area (Å²) >= 11 is 7.03. The molecule has 0 aromatic heterocycles. The topological polar surface area (TPSA) is 58.6 Å². The molecule has 1 aromatic rings. The summed E-state index contributed by atoms with van der Waals surface area (Å²) in [6.45, 7) is 2.63. The molecule has 0 amide bonds. The number of aliphatic carboxylic acids is 1. The zero-order valence-electron chi connectivity index (χ0n) is 10.5. The first-order chi connectivity index (χ1) is 8.97. The number of carboxylic acids is 1. The van der Waals surface area contributed by atoms with Crippen LogP contribution in [0.4, 0.5) is 5.69 Å². The SMILES string of the molecule is Cc1cc(Br)c(NCC2CCC(C(=O)O)O2)c(Br)c1. The first-order valence-electron chi connectivity index (χ1n) is 6.05. The number of aryl methyl sites for hydroxylation is 1. The van der Waals surface area contributed by atoms with Crippen molar-refractivity contribution in [3.63, 3.8) is 0 Å². The number of rotatable bonds is 4. The van der Waals surface area contributed by atoms with Gasteiger partial charge < -0.3 is 15.2 Å². The lowest BCUT2D eigenvalue weighted by Gasteiger charge is -2.16. The number of carbonyl (C=O) groups is 1. The fourth-order valence-corrected chi connectivity index (χ4v) is 3.82. The van der Waals surface area contributed by atoms with Gasteiger partial charge in [-0.05, 0) is 69.3 Å². The fourth-order valence-electron chi connectivity index (χ4n) is 2.12. The van der Waals surface area contributed by atoms with Gasteiger partial charge in [-0.25, -0.2) is 4.79 Å². The molecule has 1 aromatic carbocycles. The highest BCUT2D eigenvalue weighted by Gasteiger charge is 2.30. The Morgan fingerprint density at radius 3 is 2.58 bits per heavy atom. The predicted molar refractivity (Wildman–Crippen MR) is 80.6 cm³/mol. The van der Waals surface area contributed by atoms with Gasteiger partial charge in [0.15, 0.2) is 6.10 Å². The van der Waals surface area contributed by atoms with Crippen LogP contribution < -0.4 is 5.32 Å². The molecule has 6 heteroatoms. The molecular formula is C13H15Br2NO3. The van der Waals surface area contributed by atoms with Crippen LogP contribution in [-0.4, -0.2) is 29.8 Å². The zero-order valence-corrected chi connectivity index (χ0v) is 13.6. The summed E-state index contributed by atoms with van der Waals surface area (Å²) in [5.41, 5.74) is 2.13. The highest BCUT2D eigenvalue weighted by Crippen LogP contribution is 2.32. The molecule has 2 unspecified atom stereocenters. The first-order valence-corrected chi connectivity index (χ1v) is 7.63. The van der Waals surface area contributed by atoms with E-state index in [1.165, 1.54) is 0 Å². The second kappa shape index (κ2) is 6.24. The Hall–Kier alpha value is -0.590. The Morgan fingerprint density at radius 1 is 1.42 bits per heavy atom. The van der Waals surface area contributed by atoms with Crippen LogP contribution in [0.5, 0.6) is 0 Å². The predicted octanol–water partition coefficient (Wildman–Crippen LogP) is 3.56. The molecule has 1 aliphatic heterocycles. The normalized spacial score (nSPS) is 22.5. The third-order valence-electron chi connectivity index (χ3n) is 3.08. The molecule has 0 spiro atoms. The first kappa shape index (κ1) is 14.8. The Balaban J connectivity index is 1.95. The second-order valence-electron chi connectivity index (χ2n) is 4.65. The van der Waals surface area contributed by atoms with Gasteiger partial charge in [0.25, 0.3) is 0 Å². The van der Waals surface area contributed by atoms with Crippen molar-refractivity contribution in [3.8, 4) is 0 Å². The average Bonchev–Trinajstić information content (AvgIpc) is 2.76. The molecule has 0 aliphatic carbocycles. The summed E-state index contributed by atoms with van der Waals surface area (Å²) in [7, 11) is 0. The van der Waals surface area contributed by atoms with E-state index in [1.807, 2.05) is 19.1 Å². The number of hydrogen-bond donors (Lipinski definition) is 2. The third kappa shape index (κ3) is 3.70. The molecule has 4 nitrogen and oxygen atoms in total. The minimum absolute atomic E-state index is 0.0544. The number of hydrogen-bond acceptors (Lipinski definition) is 3. The van der Waals surface area contributed by atoms with Crippen molar-refractivity contribution >= 4 is 43.5 Å². The third-order valence-corrected chi connectivity index (χ3v) is 4.33. The summed E-state index contributed by atoms with van der Waals surface area (Å²) in [6, 6.07) is 4.06. The molecule has 1 fully saturated rings. The Labute approximate surface area is 128 Å². The van der Waals surface area contributed by atoms with E-state index in [2.05, 4.69) is 37.2 Å². The maximum absolute atomic E-state index is 10.8. The van der Waals surface area contributed by atoms with Crippen molar-refractivity contribution in [3.05, 3.63) is 26.6 Å². The van der Waals surface area contributed by atoms with E-state index in [4.69, 9.17) is 9.84 Å². The lowest BCUT2D eigenvalue weighted by atomic mass is 10.2. The Kier molecular flexibility index (Phi) is 4.86. The van der Waals surface area contributed by atoms with Gasteiger partial charge in [0.2, 0.25) is 0 Å². The van der Waals surface area contributed by atoms with Crippen LogP contribution in [0.25, 0.3) is 0 Å². The molecule has 0 radical (unpaired) electrons. The lowest BCUT2D eigenvalue weighted by molar-refractivity contribution is -0.149. The van der Waals surface area contributed by atoms with Gasteiger partial charge in [0.05, 0.1) is 11.8 Å². The summed E-state index contributed by atoms with van der Waals surface area (Å²) in [5.74, 6) is -0.875. The Bertz CT molecular complexity index is 470. The van der Waals surface area contributed by atoms with E-state index in [0.717, 1.165) is 26.6 Å². The number of halogens is 2. The summed E-state index contributed by atoms with van der Waals surface area (Å²) in [4.78, 5) is 10.8. The van der Waals surface area contributed by atoms with Crippen LogP contribution in [0.15, 0.2) is 21.1 Å². The number of benzene rings is 1. The number of ether oxygens (including phenoxy) is 1. The Morgan fingerprint density at radius 2 is 2.05 bits per heavy atom. The van der Waals surface area contributed by atoms with Gasteiger partial charge in [-0.2, -0.15) is 0 Å². The molecule has 2 atom stereocenters. The molecule has 2 N–H and O–H groups in total. The molecule has 1 heterocycles. The monoisotopic (exact) mass is 391 g/mol. The maximum atomic E-state index is 10.8. The van der Waals surface area contributed by atoms with Gasteiger partial charge in [-0.3, -0.25) is 0 Å². The molecule has 19 heavy (non-hydrogen) atoms. The molecule has 104 valence electrons.